The molecule has 6 nitrogen and oxygen atoms in total. The first-order valence-electron chi connectivity index (χ1n) is 11.0. The maximum atomic E-state index is 12.3. The zero-order valence-corrected chi connectivity index (χ0v) is 19.1. The van der Waals surface area contributed by atoms with Crippen molar-refractivity contribution in [2.24, 2.45) is 0 Å². The van der Waals surface area contributed by atoms with Gasteiger partial charge in [0.1, 0.15) is 5.82 Å². The fraction of sp³-hybridized carbons (Fsp3) is 0.346. The van der Waals surface area contributed by atoms with E-state index in [0.717, 1.165) is 29.9 Å². The average Bonchev–Trinajstić information content (AvgIpc) is 2.73. The molecule has 1 fully saturated rings. The van der Waals surface area contributed by atoms with Gasteiger partial charge in [-0.25, -0.2) is 9.97 Å². The van der Waals surface area contributed by atoms with Gasteiger partial charge < -0.3 is 16.0 Å². The molecule has 4 rings (SSSR count). The van der Waals surface area contributed by atoms with E-state index in [2.05, 4.69) is 48.6 Å². The van der Waals surface area contributed by atoms with Crippen molar-refractivity contribution in [2.75, 3.05) is 10.6 Å². The number of amides is 1. The number of anilines is 2. The smallest absolute Gasteiger partial charge is 0.255 e. The summed E-state index contributed by atoms with van der Waals surface area (Å²) in [6, 6.07) is 19.0. The molecule has 6 heteroatoms. The Bertz CT molecular complexity index is 1060. The number of aromatic nitrogens is 2. The summed E-state index contributed by atoms with van der Waals surface area (Å²) in [7, 11) is 0. The first-order valence-corrected chi connectivity index (χ1v) is 11.0. The summed E-state index contributed by atoms with van der Waals surface area (Å²) >= 11 is 0. The third kappa shape index (κ3) is 5.51. The number of rotatable bonds is 5. The van der Waals surface area contributed by atoms with Gasteiger partial charge in [-0.3, -0.25) is 4.79 Å². The van der Waals surface area contributed by atoms with Gasteiger partial charge in [-0.05, 0) is 83.0 Å². The number of hydrogen-bond donors (Lipinski definition) is 3. The first kappa shape index (κ1) is 22.0. The van der Waals surface area contributed by atoms with E-state index in [9.17, 15) is 4.79 Å². The number of nitrogens with one attached hydrogen (secondary N) is 3. The van der Waals surface area contributed by atoms with Crippen molar-refractivity contribution in [1.82, 2.24) is 15.3 Å². The highest BCUT2D eigenvalue weighted by Gasteiger charge is 2.37. The van der Waals surface area contributed by atoms with Gasteiger partial charge in [0, 0.05) is 40.1 Å². The Morgan fingerprint density at radius 1 is 0.938 bits per heavy atom. The number of hydrogen-bond acceptors (Lipinski definition) is 5. The highest BCUT2D eigenvalue weighted by atomic mass is 16.1. The first-order chi connectivity index (χ1) is 15.2. The van der Waals surface area contributed by atoms with Crippen molar-refractivity contribution in [3.05, 3.63) is 72.4 Å². The molecule has 1 aromatic heterocycles. The quantitative estimate of drug-likeness (QED) is 0.525. The fourth-order valence-electron chi connectivity index (χ4n) is 4.71. The van der Waals surface area contributed by atoms with Gasteiger partial charge in [-0.2, -0.15) is 0 Å². The molecule has 1 aliphatic heterocycles. The van der Waals surface area contributed by atoms with Crippen LogP contribution in [0.3, 0.4) is 0 Å². The number of carbonyl (C=O) groups is 1. The van der Waals surface area contributed by atoms with Crippen LogP contribution in [0.2, 0.25) is 0 Å². The summed E-state index contributed by atoms with van der Waals surface area (Å²) in [6.45, 7) is 8.97. The number of benzene rings is 2. The maximum Gasteiger partial charge on any atom is 0.255 e. The van der Waals surface area contributed by atoms with Crippen molar-refractivity contribution in [2.45, 2.75) is 57.7 Å². The normalized spacial score (nSPS) is 17.5. The Morgan fingerprint density at radius 3 is 2.25 bits per heavy atom. The van der Waals surface area contributed by atoms with Crippen molar-refractivity contribution < 1.29 is 4.79 Å². The summed E-state index contributed by atoms with van der Waals surface area (Å²) in [5.74, 6) is 1.35. The van der Waals surface area contributed by atoms with Gasteiger partial charge in [0.25, 0.3) is 5.91 Å². The van der Waals surface area contributed by atoms with Crippen LogP contribution in [0, 0.1) is 0 Å². The van der Waals surface area contributed by atoms with E-state index < -0.39 is 0 Å². The van der Waals surface area contributed by atoms with E-state index in [1.165, 1.54) is 0 Å². The second-order valence-electron chi connectivity index (χ2n) is 9.81. The molecule has 3 aromatic rings. The molecule has 1 saturated heterocycles. The predicted molar refractivity (Wildman–Crippen MR) is 130 cm³/mol. The van der Waals surface area contributed by atoms with Gasteiger partial charge in [0.15, 0.2) is 5.82 Å². The molecule has 2 heterocycles. The summed E-state index contributed by atoms with van der Waals surface area (Å²) < 4.78 is 0. The highest BCUT2D eigenvalue weighted by Crippen LogP contribution is 2.30. The summed E-state index contributed by atoms with van der Waals surface area (Å²) in [5.41, 5.74) is 2.39. The molecule has 0 spiro atoms. The molecule has 166 valence electrons. The maximum absolute atomic E-state index is 12.3. The zero-order valence-electron chi connectivity index (χ0n) is 19.1. The molecule has 0 radical (unpaired) electrons. The van der Waals surface area contributed by atoms with E-state index >= 15 is 0 Å². The molecule has 0 bridgehead atoms. The van der Waals surface area contributed by atoms with E-state index in [1.807, 2.05) is 48.5 Å². The highest BCUT2D eigenvalue weighted by molar-refractivity contribution is 6.04. The lowest BCUT2D eigenvalue weighted by Gasteiger charge is -2.46. The molecule has 3 N–H and O–H groups in total. The lowest BCUT2D eigenvalue weighted by molar-refractivity contribution is 0.102. The van der Waals surface area contributed by atoms with Gasteiger partial charge in [-0.1, -0.05) is 18.2 Å². The van der Waals surface area contributed by atoms with Gasteiger partial charge in [0.2, 0.25) is 0 Å². The zero-order chi connectivity index (χ0) is 22.8. The Balaban J connectivity index is 1.44. The van der Waals surface area contributed by atoms with Crippen molar-refractivity contribution in [3.8, 4) is 11.4 Å². The molecule has 2 aromatic carbocycles. The van der Waals surface area contributed by atoms with Crippen molar-refractivity contribution in [3.63, 3.8) is 0 Å². The van der Waals surface area contributed by atoms with Crippen LogP contribution in [0.15, 0.2) is 66.9 Å². The van der Waals surface area contributed by atoms with Gasteiger partial charge in [-0.15, -0.1) is 0 Å². The molecule has 0 saturated carbocycles. The lowest BCUT2D eigenvalue weighted by Crippen LogP contribution is -2.60. The molecule has 0 atom stereocenters. The minimum absolute atomic E-state index is 0.0648. The minimum Gasteiger partial charge on any atom is -0.367 e. The summed E-state index contributed by atoms with van der Waals surface area (Å²) in [4.78, 5) is 21.5. The van der Waals surface area contributed by atoms with Crippen LogP contribution < -0.4 is 16.0 Å². The largest absolute Gasteiger partial charge is 0.367 e. The second-order valence-corrected chi connectivity index (χ2v) is 9.81. The number of nitrogens with zero attached hydrogens (tertiary/aromatic N) is 2. The minimum atomic E-state index is -0.131. The third-order valence-corrected chi connectivity index (χ3v) is 5.63. The van der Waals surface area contributed by atoms with Crippen LogP contribution in [0.1, 0.15) is 50.9 Å². The topological polar surface area (TPSA) is 78.9 Å². The van der Waals surface area contributed by atoms with Crippen LogP contribution in [0.5, 0.6) is 0 Å². The third-order valence-electron chi connectivity index (χ3n) is 5.63. The monoisotopic (exact) mass is 429 g/mol. The fourth-order valence-corrected chi connectivity index (χ4v) is 4.71. The van der Waals surface area contributed by atoms with Crippen molar-refractivity contribution in [1.29, 1.82) is 0 Å². The summed E-state index contributed by atoms with van der Waals surface area (Å²) in [5, 5.41) is 10.2. The standard InChI is InChI=1S/C26H31N5O/c1-25(2)16-21(17-26(3,4)31-25)28-22-14-15-27-23(30-22)18-10-12-20(13-11-18)29-24(32)19-8-6-5-7-9-19/h5-15,21,31H,16-17H2,1-4H3,(H,29,32)(H,27,28,30). The van der Waals surface area contributed by atoms with Gasteiger partial charge >= 0.3 is 0 Å². The Kier molecular flexibility index (Phi) is 5.98. The van der Waals surface area contributed by atoms with E-state index in [1.54, 1.807) is 18.3 Å². The lowest BCUT2D eigenvalue weighted by atomic mass is 9.79. The van der Waals surface area contributed by atoms with Crippen molar-refractivity contribution >= 4 is 17.4 Å². The molecule has 32 heavy (non-hydrogen) atoms. The molecule has 1 amide bonds. The SMILES string of the molecule is CC1(C)CC(Nc2ccnc(-c3ccc(NC(=O)c4ccccc4)cc3)n2)CC(C)(C)N1. The molecule has 0 unspecified atom stereocenters. The van der Waals surface area contributed by atoms with Crippen LogP contribution in [0.25, 0.3) is 11.4 Å². The molecule has 1 aliphatic rings. The Labute approximate surface area is 189 Å². The van der Waals surface area contributed by atoms with Crippen LogP contribution >= 0.6 is 0 Å². The van der Waals surface area contributed by atoms with Crippen LogP contribution in [-0.4, -0.2) is 33.0 Å². The van der Waals surface area contributed by atoms with E-state index in [-0.39, 0.29) is 17.0 Å². The van der Waals surface area contributed by atoms with E-state index in [4.69, 9.17) is 4.98 Å². The number of carbonyl (C=O) groups excluding carboxylic acids is 1. The summed E-state index contributed by atoms with van der Waals surface area (Å²) in [6.07, 6.45) is 3.82. The molecular weight excluding hydrogens is 398 g/mol. The van der Waals surface area contributed by atoms with Gasteiger partial charge in [0.05, 0.1) is 0 Å². The molecule has 0 aliphatic carbocycles. The Morgan fingerprint density at radius 2 is 1.59 bits per heavy atom. The Hall–Kier alpha value is -3.25. The average molecular weight is 430 g/mol. The van der Waals surface area contributed by atoms with Crippen LogP contribution in [-0.2, 0) is 0 Å². The molecular formula is C26H31N5O. The van der Waals surface area contributed by atoms with E-state index in [0.29, 0.717) is 17.4 Å². The number of piperidine rings is 1. The predicted octanol–water partition coefficient (Wildman–Crippen LogP) is 5.12. The van der Waals surface area contributed by atoms with Crippen LogP contribution in [0.4, 0.5) is 11.5 Å². The second kappa shape index (κ2) is 8.71.